The van der Waals surface area contributed by atoms with E-state index in [9.17, 15) is 0 Å². The molecule has 112 valence electrons. The van der Waals surface area contributed by atoms with E-state index in [1.165, 1.54) is 30.5 Å². The summed E-state index contributed by atoms with van der Waals surface area (Å²) in [4.78, 5) is 2.63. The van der Waals surface area contributed by atoms with E-state index in [0.29, 0.717) is 6.04 Å². The fourth-order valence-corrected chi connectivity index (χ4v) is 3.09. The zero-order chi connectivity index (χ0) is 14.5. The van der Waals surface area contributed by atoms with Crippen molar-refractivity contribution in [3.05, 3.63) is 35.4 Å². The highest BCUT2D eigenvalue weighted by molar-refractivity contribution is 5.23. The molecule has 1 fully saturated rings. The van der Waals surface area contributed by atoms with Gasteiger partial charge >= 0.3 is 0 Å². The maximum absolute atomic E-state index is 3.49. The van der Waals surface area contributed by atoms with Crippen LogP contribution in [0.3, 0.4) is 0 Å². The first-order valence-electron chi connectivity index (χ1n) is 8.10. The van der Waals surface area contributed by atoms with Crippen molar-refractivity contribution in [2.24, 2.45) is 5.92 Å². The predicted molar refractivity (Wildman–Crippen MR) is 86.7 cm³/mol. The minimum Gasteiger partial charge on any atom is -0.310 e. The highest BCUT2D eigenvalue weighted by atomic mass is 15.2. The number of piperidine rings is 1. The second kappa shape index (κ2) is 7.24. The fraction of sp³-hybridized carbons (Fsp3) is 0.667. The Balaban J connectivity index is 1.93. The first kappa shape index (κ1) is 15.5. The quantitative estimate of drug-likeness (QED) is 0.878. The highest BCUT2D eigenvalue weighted by Crippen LogP contribution is 2.23. The lowest BCUT2D eigenvalue weighted by Gasteiger charge is -2.36. The molecule has 1 aromatic carbocycles. The van der Waals surface area contributed by atoms with E-state index in [4.69, 9.17) is 0 Å². The van der Waals surface area contributed by atoms with Crippen molar-refractivity contribution < 1.29 is 0 Å². The average Bonchev–Trinajstić information content (AvgIpc) is 2.40. The third kappa shape index (κ3) is 4.60. The van der Waals surface area contributed by atoms with E-state index < -0.39 is 0 Å². The molecule has 0 bridgehead atoms. The lowest BCUT2D eigenvalue weighted by atomic mass is 9.93. The molecule has 2 unspecified atom stereocenters. The van der Waals surface area contributed by atoms with Crippen LogP contribution in [0.25, 0.3) is 0 Å². The molecule has 1 aromatic rings. The van der Waals surface area contributed by atoms with Crippen LogP contribution in [0.5, 0.6) is 0 Å². The Bertz CT molecular complexity index is 414. The Labute approximate surface area is 124 Å². The van der Waals surface area contributed by atoms with Gasteiger partial charge in [-0.15, -0.1) is 0 Å². The molecule has 0 aliphatic carbocycles. The van der Waals surface area contributed by atoms with Crippen LogP contribution in [0.4, 0.5) is 0 Å². The summed E-state index contributed by atoms with van der Waals surface area (Å²) in [6.07, 6.45) is 2.69. The number of hydrogen-bond acceptors (Lipinski definition) is 2. The zero-order valence-electron chi connectivity index (χ0n) is 13.5. The summed E-state index contributed by atoms with van der Waals surface area (Å²) in [6.45, 7) is 12.5. The molecule has 1 N–H and O–H groups in total. The monoisotopic (exact) mass is 274 g/mol. The van der Waals surface area contributed by atoms with Gasteiger partial charge in [-0.25, -0.2) is 0 Å². The second-order valence-electron chi connectivity index (χ2n) is 6.80. The zero-order valence-corrected chi connectivity index (χ0v) is 13.5. The Morgan fingerprint density at radius 1 is 1.25 bits per heavy atom. The lowest BCUT2D eigenvalue weighted by Crippen LogP contribution is -2.39. The van der Waals surface area contributed by atoms with Crippen molar-refractivity contribution >= 4 is 0 Å². The molecule has 0 spiro atoms. The molecule has 1 aliphatic heterocycles. The largest absolute Gasteiger partial charge is 0.310 e. The molecule has 0 aromatic heterocycles. The predicted octanol–water partition coefficient (Wildman–Crippen LogP) is 3.81. The van der Waals surface area contributed by atoms with Crippen LogP contribution in [0.15, 0.2) is 24.3 Å². The van der Waals surface area contributed by atoms with Gasteiger partial charge in [0.1, 0.15) is 0 Å². The highest BCUT2D eigenvalue weighted by Gasteiger charge is 2.22. The normalized spacial score (nSPS) is 24.2. The lowest BCUT2D eigenvalue weighted by molar-refractivity contribution is 0.122. The van der Waals surface area contributed by atoms with Crippen LogP contribution in [0.1, 0.15) is 51.7 Å². The maximum Gasteiger partial charge on any atom is 0.0236 e. The minimum atomic E-state index is 0.544. The Kier molecular flexibility index (Phi) is 5.62. The SMILES string of the molecule is CC1CCN(Cc2cccc(CNC(C)C)c2)C(C)C1. The van der Waals surface area contributed by atoms with Gasteiger partial charge in [-0.05, 0) is 43.4 Å². The Morgan fingerprint density at radius 3 is 2.70 bits per heavy atom. The number of hydrogen-bond donors (Lipinski definition) is 1. The third-order valence-corrected chi connectivity index (χ3v) is 4.37. The van der Waals surface area contributed by atoms with Gasteiger partial charge in [0.05, 0.1) is 0 Å². The van der Waals surface area contributed by atoms with E-state index in [1.807, 2.05) is 0 Å². The first-order valence-corrected chi connectivity index (χ1v) is 8.10. The molecule has 2 nitrogen and oxygen atoms in total. The fourth-order valence-electron chi connectivity index (χ4n) is 3.09. The van der Waals surface area contributed by atoms with Gasteiger partial charge in [0.2, 0.25) is 0 Å². The van der Waals surface area contributed by atoms with Crippen LogP contribution in [0, 0.1) is 5.92 Å². The molecule has 1 aliphatic rings. The molecule has 2 rings (SSSR count). The minimum absolute atomic E-state index is 0.544. The van der Waals surface area contributed by atoms with Gasteiger partial charge in [0.25, 0.3) is 0 Å². The standard InChI is InChI=1S/C18H30N2/c1-14(2)19-12-17-6-5-7-18(11-17)13-20-9-8-15(3)10-16(20)4/h5-7,11,14-16,19H,8-10,12-13H2,1-4H3. The average molecular weight is 274 g/mol. The molecule has 2 heteroatoms. The Morgan fingerprint density at radius 2 is 2.00 bits per heavy atom. The number of nitrogens with zero attached hydrogens (tertiary/aromatic N) is 1. The van der Waals surface area contributed by atoms with Gasteiger partial charge in [0.15, 0.2) is 0 Å². The summed E-state index contributed by atoms with van der Waals surface area (Å²) in [5.74, 6) is 0.892. The number of rotatable bonds is 5. The summed E-state index contributed by atoms with van der Waals surface area (Å²) < 4.78 is 0. The van der Waals surface area contributed by atoms with Crippen molar-refractivity contribution in [3.8, 4) is 0 Å². The molecule has 0 radical (unpaired) electrons. The number of nitrogens with one attached hydrogen (secondary N) is 1. The van der Waals surface area contributed by atoms with E-state index in [2.05, 4.69) is 62.2 Å². The molecule has 1 heterocycles. The van der Waals surface area contributed by atoms with Crippen LogP contribution < -0.4 is 5.32 Å². The topological polar surface area (TPSA) is 15.3 Å². The summed E-state index contributed by atoms with van der Waals surface area (Å²) in [7, 11) is 0. The van der Waals surface area contributed by atoms with E-state index >= 15 is 0 Å². The summed E-state index contributed by atoms with van der Waals surface area (Å²) >= 11 is 0. The summed E-state index contributed by atoms with van der Waals surface area (Å²) in [5.41, 5.74) is 2.85. The smallest absolute Gasteiger partial charge is 0.0236 e. The van der Waals surface area contributed by atoms with E-state index in [1.54, 1.807) is 0 Å². The molecule has 0 saturated carbocycles. The van der Waals surface area contributed by atoms with Crippen molar-refractivity contribution in [1.29, 1.82) is 0 Å². The number of likely N-dealkylation sites (tertiary alicyclic amines) is 1. The van der Waals surface area contributed by atoms with Gasteiger partial charge in [0, 0.05) is 25.2 Å². The Hall–Kier alpha value is -0.860. The molecule has 0 amide bonds. The van der Waals surface area contributed by atoms with Gasteiger partial charge < -0.3 is 5.32 Å². The van der Waals surface area contributed by atoms with Crippen LogP contribution >= 0.6 is 0 Å². The van der Waals surface area contributed by atoms with Crippen molar-refractivity contribution in [2.75, 3.05) is 6.54 Å². The van der Waals surface area contributed by atoms with E-state index in [0.717, 1.165) is 25.0 Å². The van der Waals surface area contributed by atoms with Gasteiger partial charge in [-0.1, -0.05) is 45.0 Å². The molecule has 2 atom stereocenters. The summed E-state index contributed by atoms with van der Waals surface area (Å²) in [6, 6.07) is 10.3. The molecule has 1 saturated heterocycles. The van der Waals surface area contributed by atoms with E-state index in [-0.39, 0.29) is 0 Å². The number of benzene rings is 1. The third-order valence-electron chi connectivity index (χ3n) is 4.37. The summed E-state index contributed by atoms with van der Waals surface area (Å²) in [5, 5.41) is 3.49. The van der Waals surface area contributed by atoms with Gasteiger partial charge in [-0.3, -0.25) is 4.90 Å². The van der Waals surface area contributed by atoms with Gasteiger partial charge in [-0.2, -0.15) is 0 Å². The van der Waals surface area contributed by atoms with Crippen LogP contribution in [-0.4, -0.2) is 23.5 Å². The molecule has 20 heavy (non-hydrogen) atoms. The molecular formula is C18H30N2. The van der Waals surface area contributed by atoms with Crippen molar-refractivity contribution in [1.82, 2.24) is 10.2 Å². The van der Waals surface area contributed by atoms with Crippen LogP contribution in [0.2, 0.25) is 0 Å². The van der Waals surface area contributed by atoms with Crippen molar-refractivity contribution in [2.45, 2.75) is 65.7 Å². The van der Waals surface area contributed by atoms with Crippen molar-refractivity contribution in [3.63, 3.8) is 0 Å². The maximum atomic E-state index is 3.49. The molecular weight excluding hydrogens is 244 g/mol. The van der Waals surface area contributed by atoms with Crippen LogP contribution in [-0.2, 0) is 13.1 Å². The first-order chi connectivity index (χ1) is 9.54. The second-order valence-corrected chi connectivity index (χ2v) is 6.80.